The van der Waals surface area contributed by atoms with E-state index in [-0.39, 0.29) is 6.29 Å². The first-order valence-electron chi connectivity index (χ1n) is 7.43. The summed E-state index contributed by atoms with van der Waals surface area (Å²) in [5, 5.41) is 3.25. The molecule has 0 bridgehead atoms. The van der Waals surface area contributed by atoms with E-state index in [9.17, 15) is 0 Å². The van der Waals surface area contributed by atoms with Gasteiger partial charge < -0.3 is 14.8 Å². The van der Waals surface area contributed by atoms with Gasteiger partial charge in [0.15, 0.2) is 6.29 Å². The molecule has 18 heavy (non-hydrogen) atoms. The highest BCUT2D eigenvalue weighted by molar-refractivity contribution is 4.78. The molecule has 108 valence electrons. The molecule has 0 spiro atoms. The van der Waals surface area contributed by atoms with E-state index in [1.807, 2.05) is 20.9 Å². The number of nitrogens with zero attached hydrogens (tertiary/aromatic N) is 1. The third-order valence-corrected chi connectivity index (χ3v) is 3.57. The van der Waals surface area contributed by atoms with Gasteiger partial charge in [-0.3, -0.25) is 4.90 Å². The number of rotatable bonds is 9. The molecule has 1 unspecified atom stereocenters. The second-order valence-electron chi connectivity index (χ2n) is 4.88. The fourth-order valence-electron chi connectivity index (χ4n) is 2.66. The van der Waals surface area contributed by atoms with Gasteiger partial charge in [-0.25, -0.2) is 0 Å². The van der Waals surface area contributed by atoms with Gasteiger partial charge in [0.25, 0.3) is 0 Å². The molecule has 0 amide bonds. The third kappa shape index (κ3) is 5.65. The van der Waals surface area contributed by atoms with Gasteiger partial charge in [0.1, 0.15) is 0 Å². The second kappa shape index (κ2) is 9.73. The lowest BCUT2D eigenvalue weighted by Crippen LogP contribution is -2.46. The number of nitrogens with one attached hydrogen (secondary N) is 1. The second-order valence-corrected chi connectivity index (χ2v) is 4.88. The van der Waals surface area contributed by atoms with Crippen molar-refractivity contribution in [2.45, 2.75) is 51.9 Å². The van der Waals surface area contributed by atoms with Crippen LogP contribution < -0.4 is 5.32 Å². The highest BCUT2D eigenvalue weighted by Gasteiger charge is 2.24. The zero-order valence-electron chi connectivity index (χ0n) is 12.3. The summed E-state index contributed by atoms with van der Waals surface area (Å²) in [4.78, 5) is 2.55. The normalized spacial score (nSPS) is 21.7. The molecule has 1 saturated heterocycles. The quantitative estimate of drug-likeness (QED) is 0.640. The predicted octanol–water partition coefficient (Wildman–Crippen LogP) is 1.85. The first kappa shape index (κ1) is 15.9. The van der Waals surface area contributed by atoms with Gasteiger partial charge in [-0.1, -0.05) is 6.42 Å². The van der Waals surface area contributed by atoms with E-state index in [4.69, 9.17) is 9.47 Å². The Balaban J connectivity index is 2.42. The van der Waals surface area contributed by atoms with Crippen LogP contribution in [0.15, 0.2) is 0 Å². The highest BCUT2D eigenvalue weighted by Crippen LogP contribution is 2.20. The summed E-state index contributed by atoms with van der Waals surface area (Å²) in [7, 11) is 2.02. The molecule has 1 rings (SSSR count). The van der Waals surface area contributed by atoms with Crippen LogP contribution in [-0.2, 0) is 9.47 Å². The Morgan fingerprint density at radius 1 is 1.22 bits per heavy atom. The minimum atomic E-state index is -0.0600. The lowest BCUT2D eigenvalue weighted by molar-refractivity contribution is -0.152. The van der Waals surface area contributed by atoms with Gasteiger partial charge in [0.05, 0.1) is 0 Å². The van der Waals surface area contributed by atoms with Gasteiger partial charge in [-0.05, 0) is 53.2 Å². The Morgan fingerprint density at radius 2 is 1.94 bits per heavy atom. The van der Waals surface area contributed by atoms with E-state index < -0.39 is 0 Å². The molecule has 0 aromatic carbocycles. The molecular formula is C14H30N2O2. The molecule has 0 radical (unpaired) electrons. The van der Waals surface area contributed by atoms with Gasteiger partial charge in [0, 0.05) is 25.8 Å². The molecule has 0 aliphatic carbocycles. The molecule has 1 N–H and O–H groups in total. The van der Waals surface area contributed by atoms with E-state index >= 15 is 0 Å². The van der Waals surface area contributed by atoms with Crippen LogP contribution in [0, 0.1) is 0 Å². The van der Waals surface area contributed by atoms with Crippen LogP contribution in [0.2, 0.25) is 0 Å². The first-order valence-corrected chi connectivity index (χ1v) is 7.43. The van der Waals surface area contributed by atoms with Crippen LogP contribution in [0.1, 0.15) is 39.5 Å². The topological polar surface area (TPSA) is 33.7 Å². The van der Waals surface area contributed by atoms with Crippen molar-refractivity contribution in [1.29, 1.82) is 0 Å². The Hall–Kier alpha value is -0.160. The summed E-state index contributed by atoms with van der Waals surface area (Å²) < 4.78 is 11.3. The zero-order chi connectivity index (χ0) is 13.2. The Bertz CT molecular complexity index is 196. The average Bonchev–Trinajstić information content (AvgIpc) is 2.38. The van der Waals surface area contributed by atoms with Crippen LogP contribution in [-0.4, -0.2) is 57.1 Å². The van der Waals surface area contributed by atoms with Crippen LogP contribution in [0.3, 0.4) is 0 Å². The zero-order valence-corrected chi connectivity index (χ0v) is 12.3. The molecule has 0 saturated carbocycles. The molecule has 1 aliphatic heterocycles. The number of ether oxygens (including phenoxy) is 2. The number of hydrogen-bond donors (Lipinski definition) is 1. The van der Waals surface area contributed by atoms with Crippen LogP contribution in [0.25, 0.3) is 0 Å². The van der Waals surface area contributed by atoms with E-state index in [1.54, 1.807) is 0 Å². The predicted molar refractivity (Wildman–Crippen MR) is 74.8 cm³/mol. The summed E-state index contributed by atoms with van der Waals surface area (Å²) >= 11 is 0. The Morgan fingerprint density at radius 3 is 2.56 bits per heavy atom. The maximum atomic E-state index is 5.66. The third-order valence-electron chi connectivity index (χ3n) is 3.57. The summed E-state index contributed by atoms with van der Waals surface area (Å²) in [6.07, 6.45) is 5.14. The van der Waals surface area contributed by atoms with Crippen molar-refractivity contribution in [3.8, 4) is 0 Å². The molecule has 1 aliphatic rings. The summed E-state index contributed by atoms with van der Waals surface area (Å²) in [5.74, 6) is 0. The van der Waals surface area contributed by atoms with Gasteiger partial charge in [-0.15, -0.1) is 0 Å². The number of likely N-dealkylation sites (tertiary alicyclic amines) is 1. The molecule has 1 atom stereocenters. The fourth-order valence-corrected chi connectivity index (χ4v) is 2.66. The van der Waals surface area contributed by atoms with Gasteiger partial charge in [-0.2, -0.15) is 0 Å². The molecule has 0 aromatic rings. The van der Waals surface area contributed by atoms with Crippen molar-refractivity contribution in [3.63, 3.8) is 0 Å². The fraction of sp³-hybridized carbons (Fsp3) is 1.00. The molecule has 4 heteroatoms. The monoisotopic (exact) mass is 258 g/mol. The number of hydrogen-bond acceptors (Lipinski definition) is 4. The minimum Gasteiger partial charge on any atom is -0.352 e. The number of piperidine rings is 1. The Kier molecular flexibility index (Phi) is 8.59. The minimum absolute atomic E-state index is 0.0600. The largest absolute Gasteiger partial charge is 0.352 e. The molecule has 1 fully saturated rings. The molecule has 1 heterocycles. The summed E-state index contributed by atoms with van der Waals surface area (Å²) in [6.45, 7) is 8.69. The highest BCUT2D eigenvalue weighted by atomic mass is 16.7. The summed E-state index contributed by atoms with van der Waals surface area (Å²) in [6, 6.07) is 0.689. The van der Waals surface area contributed by atoms with Crippen molar-refractivity contribution in [3.05, 3.63) is 0 Å². The maximum Gasteiger partial charge on any atom is 0.170 e. The van der Waals surface area contributed by atoms with E-state index in [1.165, 1.54) is 32.2 Å². The summed E-state index contributed by atoms with van der Waals surface area (Å²) in [5.41, 5.74) is 0. The SMILES string of the molecule is CCOC(CN1CCCCC1CCNC)OCC. The lowest BCUT2D eigenvalue weighted by Gasteiger charge is -2.37. The molecular weight excluding hydrogens is 228 g/mol. The van der Waals surface area contributed by atoms with E-state index in [0.29, 0.717) is 6.04 Å². The van der Waals surface area contributed by atoms with Gasteiger partial charge >= 0.3 is 0 Å². The maximum absolute atomic E-state index is 5.66. The van der Waals surface area contributed by atoms with Crippen LogP contribution >= 0.6 is 0 Å². The molecule has 4 nitrogen and oxygen atoms in total. The smallest absolute Gasteiger partial charge is 0.170 e. The van der Waals surface area contributed by atoms with Crippen molar-refractivity contribution < 1.29 is 9.47 Å². The van der Waals surface area contributed by atoms with Gasteiger partial charge in [0.2, 0.25) is 0 Å². The van der Waals surface area contributed by atoms with Crippen molar-refractivity contribution in [2.24, 2.45) is 0 Å². The van der Waals surface area contributed by atoms with E-state index in [0.717, 1.165) is 26.3 Å². The lowest BCUT2D eigenvalue weighted by atomic mass is 9.99. The van der Waals surface area contributed by atoms with Crippen LogP contribution in [0.4, 0.5) is 0 Å². The van der Waals surface area contributed by atoms with Crippen LogP contribution in [0.5, 0.6) is 0 Å². The van der Waals surface area contributed by atoms with Crippen molar-refractivity contribution >= 4 is 0 Å². The molecule has 0 aromatic heterocycles. The van der Waals surface area contributed by atoms with Crippen molar-refractivity contribution in [2.75, 3.05) is 39.9 Å². The standard InChI is InChI=1S/C14H30N2O2/c1-4-17-14(18-5-2)12-16-11-7-6-8-13(16)9-10-15-3/h13-15H,4-12H2,1-3H3. The Labute approximate surface area is 112 Å². The van der Waals surface area contributed by atoms with Crippen molar-refractivity contribution in [1.82, 2.24) is 10.2 Å². The van der Waals surface area contributed by atoms with E-state index in [2.05, 4.69) is 10.2 Å². The average molecular weight is 258 g/mol. The first-order chi connectivity index (χ1) is 8.81.